The summed E-state index contributed by atoms with van der Waals surface area (Å²) < 4.78 is 0.814. The number of amides is 1. The Kier molecular flexibility index (Phi) is 5.92. The van der Waals surface area contributed by atoms with Crippen LogP contribution in [0.3, 0.4) is 0 Å². The van der Waals surface area contributed by atoms with E-state index in [9.17, 15) is 4.79 Å². The fraction of sp³-hybridized carbons (Fsp3) is 0.286. The van der Waals surface area contributed by atoms with Gasteiger partial charge in [0.25, 0.3) is 0 Å². The highest BCUT2D eigenvalue weighted by atomic mass is 32.2. The molecule has 144 valence electrons. The third-order valence-electron chi connectivity index (χ3n) is 4.76. The predicted molar refractivity (Wildman–Crippen MR) is 115 cm³/mol. The van der Waals surface area contributed by atoms with Crippen LogP contribution in [0.2, 0.25) is 0 Å². The molecule has 1 atom stereocenters. The SMILES string of the molecule is C[C@H](Sc1nnc(NCc2ccccc2)s1)C(=O)N1CCc2ccccc2C1. The molecule has 1 aliphatic rings. The Morgan fingerprint density at radius 2 is 1.89 bits per heavy atom. The van der Waals surface area contributed by atoms with Crippen molar-refractivity contribution in [3.63, 3.8) is 0 Å². The van der Waals surface area contributed by atoms with Crippen LogP contribution in [0.25, 0.3) is 0 Å². The number of anilines is 1. The van der Waals surface area contributed by atoms with Gasteiger partial charge < -0.3 is 10.2 Å². The lowest BCUT2D eigenvalue weighted by Crippen LogP contribution is -2.40. The first-order valence-corrected chi connectivity index (χ1v) is 11.0. The summed E-state index contributed by atoms with van der Waals surface area (Å²) in [6.07, 6.45) is 0.922. The number of thioether (sulfide) groups is 1. The molecular weight excluding hydrogens is 388 g/mol. The third-order valence-corrected chi connectivity index (χ3v) is 6.81. The molecule has 4 rings (SSSR count). The fourth-order valence-electron chi connectivity index (χ4n) is 3.24. The van der Waals surface area contributed by atoms with E-state index in [0.29, 0.717) is 13.1 Å². The molecule has 0 saturated heterocycles. The lowest BCUT2D eigenvalue weighted by atomic mass is 10.00. The monoisotopic (exact) mass is 410 g/mol. The van der Waals surface area contributed by atoms with E-state index in [1.807, 2.05) is 36.1 Å². The first kappa shape index (κ1) is 19.0. The van der Waals surface area contributed by atoms with Crippen molar-refractivity contribution in [3.05, 3.63) is 71.3 Å². The van der Waals surface area contributed by atoms with Crippen molar-refractivity contribution in [3.8, 4) is 0 Å². The maximum Gasteiger partial charge on any atom is 0.236 e. The second-order valence-corrected chi connectivity index (χ2v) is 9.32. The topological polar surface area (TPSA) is 58.1 Å². The van der Waals surface area contributed by atoms with Crippen LogP contribution < -0.4 is 5.32 Å². The summed E-state index contributed by atoms with van der Waals surface area (Å²) in [5.41, 5.74) is 3.80. The lowest BCUT2D eigenvalue weighted by Gasteiger charge is -2.30. The Labute approximate surface area is 173 Å². The van der Waals surface area contributed by atoms with Crippen LogP contribution >= 0.6 is 23.1 Å². The third kappa shape index (κ3) is 4.54. The highest BCUT2D eigenvalue weighted by Gasteiger charge is 2.26. The van der Waals surface area contributed by atoms with Gasteiger partial charge in [-0.3, -0.25) is 4.79 Å². The Balaban J connectivity index is 1.32. The smallest absolute Gasteiger partial charge is 0.236 e. The summed E-state index contributed by atoms with van der Waals surface area (Å²) in [5, 5.41) is 12.3. The van der Waals surface area contributed by atoms with Crippen molar-refractivity contribution in [1.82, 2.24) is 15.1 Å². The lowest BCUT2D eigenvalue weighted by molar-refractivity contribution is -0.131. The number of nitrogens with one attached hydrogen (secondary N) is 1. The van der Waals surface area contributed by atoms with Gasteiger partial charge in [-0.15, -0.1) is 10.2 Å². The van der Waals surface area contributed by atoms with E-state index in [1.54, 1.807) is 0 Å². The summed E-state index contributed by atoms with van der Waals surface area (Å²) in [7, 11) is 0. The van der Waals surface area contributed by atoms with E-state index < -0.39 is 0 Å². The highest BCUT2D eigenvalue weighted by Crippen LogP contribution is 2.31. The molecule has 2 heterocycles. The molecule has 0 unspecified atom stereocenters. The number of carbonyl (C=O) groups excluding carboxylic acids is 1. The molecule has 1 aliphatic heterocycles. The molecule has 7 heteroatoms. The summed E-state index contributed by atoms with van der Waals surface area (Å²) in [6, 6.07) is 18.5. The molecule has 5 nitrogen and oxygen atoms in total. The molecule has 1 N–H and O–H groups in total. The average Bonchev–Trinajstić information content (AvgIpc) is 3.19. The molecule has 0 bridgehead atoms. The van der Waals surface area contributed by atoms with Gasteiger partial charge in [0.05, 0.1) is 5.25 Å². The maximum atomic E-state index is 12.9. The van der Waals surface area contributed by atoms with E-state index in [4.69, 9.17) is 0 Å². The molecular formula is C21H22N4OS2. The number of hydrogen-bond donors (Lipinski definition) is 1. The zero-order chi connectivity index (χ0) is 19.3. The first-order chi connectivity index (χ1) is 13.7. The van der Waals surface area contributed by atoms with Crippen LogP contribution in [-0.2, 0) is 24.3 Å². The van der Waals surface area contributed by atoms with Gasteiger partial charge in [0.2, 0.25) is 11.0 Å². The van der Waals surface area contributed by atoms with Gasteiger partial charge in [0, 0.05) is 19.6 Å². The predicted octanol–water partition coefficient (Wildman–Crippen LogP) is 4.22. The molecule has 2 aromatic carbocycles. The largest absolute Gasteiger partial charge is 0.356 e. The van der Waals surface area contributed by atoms with Crippen LogP contribution in [0.15, 0.2) is 58.9 Å². The van der Waals surface area contributed by atoms with Crippen molar-refractivity contribution in [2.24, 2.45) is 0 Å². The van der Waals surface area contributed by atoms with E-state index in [1.165, 1.54) is 39.8 Å². The summed E-state index contributed by atoms with van der Waals surface area (Å²) >= 11 is 2.97. The summed E-state index contributed by atoms with van der Waals surface area (Å²) in [4.78, 5) is 14.8. The number of rotatable bonds is 6. The molecule has 1 aromatic heterocycles. The van der Waals surface area contributed by atoms with Gasteiger partial charge in [-0.1, -0.05) is 77.7 Å². The van der Waals surface area contributed by atoms with Gasteiger partial charge in [0.1, 0.15) is 0 Å². The van der Waals surface area contributed by atoms with Crippen molar-refractivity contribution in [2.75, 3.05) is 11.9 Å². The Morgan fingerprint density at radius 3 is 2.71 bits per heavy atom. The van der Waals surface area contributed by atoms with E-state index in [2.05, 4.69) is 45.8 Å². The van der Waals surface area contributed by atoms with Crippen LogP contribution in [0.1, 0.15) is 23.6 Å². The quantitative estimate of drug-likeness (QED) is 0.617. The van der Waals surface area contributed by atoms with Crippen LogP contribution in [0.4, 0.5) is 5.13 Å². The number of fused-ring (bicyclic) bond motifs is 1. The standard InChI is InChI=1S/C21H22N4OS2/c1-15(19(26)25-12-11-17-9-5-6-10-18(17)14-25)27-21-24-23-20(28-21)22-13-16-7-3-2-4-8-16/h2-10,15H,11-14H2,1H3,(H,22,23)/t15-/m0/s1. The normalized spacial score (nSPS) is 14.4. The number of aromatic nitrogens is 2. The van der Waals surface area contributed by atoms with Crippen LogP contribution in [-0.4, -0.2) is 32.8 Å². The Bertz CT molecular complexity index is 944. The minimum atomic E-state index is -0.180. The number of carbonyl (C=O) groups is 1. The zero-order valence-electron chi connectivity index (χ0n) is 15.7. The van der Waals surface area contributed by atoms with Gasteiger partial charge in [-0.05, 0) is 30.0 Å². The van der Waals surface area contributed by atoms with Crippen molar-refractivity contribution >= 4 is 34.1 Å². The maximum absolute atomic E-state index is 12.9. The van der Waals surface area contributed by atoms with Crippen molar-refractivity contribution in [1.29, 1.82) is 0 Å². The van der Waals surface area contributed by atoms with Crippen LogP contribution in [0.5, 0.6) is 0 Å². The second kappa shape index (κ2) is 8.75. The van der Waals surface area contributed by atoms with E-state index in [0.717, 1.165) is 22.4 Å². The molecule has 1 amide bonds. The van der Waals surface area contributed by atoms with E-state index >= 15 is 0 Å². The minimum Gasteiger partial charge on any atom is -0.356 e. The van der Waals surface area contributed by atoms with Crippen LogP contribution in [0, 0.1) is 0 Å². The molecule has 3 aromatic rings. The molecule has 0 aliphatic carbocycles. The van der Waals surface area contributed by atoms with Gasteiger partial charge >= 0.3 is 0 Å². The first-order valence-electron chi connectivity index (χ1n) is 9.32. The van der Waals surface area contributed by atoms with E-state index in [-0.39, 0.29) is 11.2 Å². The van der Waals surface area contributed by atoms with Gasteiger partial charge in [-0.2, -0.15) is 0 Å². The number of benzene rings is 2. The Morgan fingerprint density at radius 1 is 1.14 bits per heavy atom. The summed E-state index contributed by atoms with van der Waals surface area (Å²) in [5.74, 6) is 0.161. The fourth-order valence-corrected chi connectivity index (χ4v) is 5.22. The van der Waals surface area contributed by atoms with Gasteiger partial charge in [0.15, 0.2) is 4.34 Å². The minimum absolute atomic E-state index is 0.161. The van der Waals surface area contributed by atoms with Crippen molar-refractivity contribution in [2.45, 2.75) is 36.0 Å². The molecule has 0 spiro atoms. The average molecular weight is 411 g/mol. The highest BCUT2D eigenvalue weighted by molar-refractivity contribution is 8.02. The zero-order valence-corrected chi connectivity index (χ0v) is 17.3. The summed E-state index contributed by atoms with van der Waals surface area (Å²) in [6.45, 7) is 4.13. The van der Waals surface area contributed by atoms with Gasteiger partial charge in [-0.25, -0.2) is 0 Å². The Hall–Kier alpha value is -2.38. The molecule has 0 saturated carbocycles. The molecule has 0 radical (unpaired) electrons. The number of nitrogens with zero attached hydrogens (tertiary/aromatic N) is 3. The second-order valence-electron chi connectivity index (χ2n) is 6.75. The van der Waals surface area contributed by atoms with Crippen molar-refractivity contribution < 1.29 is 4.79 Å². The molecule has 28 heavy (non-hydrogen) atoms. The molecule has 0 fully saturated rings. The number of hydrogen-bond acceptors (Lipinski definition) is 6.